The number of hydrogen-bond donors (Lipinski definition) is 1. The van der Waals surface area contributed by atoms with Crippen LogP contribution >= 0.6 is 30.9 Å². The van der Waals surface area contributed by atoms with Crippen molar-refractivity contribution in [3.05, 3.63) is 23.3 Å². The van der Waals surface area contributed by atoms with E-state index < -0.39 is 7.67 Å². The van der Waals surface area contributed by atoms with E-state index in [-0.39, 0.29) is 6.23 Å². The molecular weight excluding hydrogens is 430 g/mol. The summed E-state index contributed by atoms with van der Waals surface area (Å²) in [5, 5.41) is 2.94. The minimum Gasteiger partial charge on any atom is -0.363 e. The van der Waals surface area contributed by atoms with Gasteiger partial charge in [-0.2, -0.15) is 4.67 Å². The van der Waals surface area contributed by atoms with Crippen LogP contribution in [0.25, 0.3) is 0 Å². The molecule has 0 amide bonds. The Morgan fingerprint density at radius 1 is 1.21 bits per heavy atom. The van der Waals surface area contributed by atoms with Gasteiger partial charge in [-0.1, -0.05) is 36.6 Å². The van der Waals surface area contributed by atoms with Gasteiger partial charge in [0.2, 0.25) is 0 Å². The highest BCUT2D eigenvalue weighted by Gasteiger charge is 2.40. The van der Waals surface area contributed by atoms with Crippen LogP contribution in [-0.4, -0.2) is 49.0 Å². The second-order valence-corrected chi connectivity index (χ2v) is 10.3. The zero-order chi connectivity index (χ0) is 21.5. The number of unbranched alkanes of at least 4 members (excludes halogenated alkanes) is 1. The van der Waals surface area contributed by atoms with Crippen LogP contribution in [0.2, 0.25) is 0 Å². The molecular formula is C21H39Cl2N2O3P. The summed E-state index contributed by atoms with van der Waals surface area (Å²) in [7, 11) is -3.14. The predicted molar refractivity (Wildman–Crippen MR) is 125 cm³/mol. The third-order valence-electron chi connectivity index (χ3n) is 4.86. The molecule has 0 bridgehead atoms. The Kier molecular flexibility index (Phi) is 14.9. The van der Waals surface area contributed by atoms with Crippen LogP contribution in [0, 0.1) is 0 Å². The van der Waals surface area contributed by atoms with Crippen molar-refractivity contribution in [3.63, 3.8) is 0 Å². The van der Waals surface area contributed by atoms with E-state index >= 15 is 0 Å². The van der Waals surface area contributed by atoms with Crippen molar-refractivity contribution >= 4 is 30.9 Å². The monoisotopic (exact) mass is 468 g/mol. The van der Waals surface area contributed by atoms with Gasteiger partial charge in [0.25, 0.3) is 0 Å². The Hall–Kier alpha value is 0.130. The normalized spacial score (nSPS) is 24.2. The molecule has 29 heavy (non-hydrogen) atoms. The molecule has 0 aliphatic carbocycles. The van der Waals surface area contributed by atoms with Crippen molar-refractivity contribution in [3.8, 4) is 0 Å². The summed E-state index contributed by atoms with van der Waals surface area (Å²) in [5.74, 6) is 0.733. The van der Waals surface area contributed by atoms with E-state index in [0.29, 0.717) is 44.5 Å². The second kappa shape index (κ2) is 15.9. The summed E-state index contributed by atoms with van der Waals surface area (Å²) >= 11 is 11.7. The number of nitrogens with zero attached hydrogens (tertiary/aromatic N) is 1. The molecule has 5 nitrogen and oxygen atoms in total. The lowest BCUT2D eigenvalue weighted by molar-refractivity contribution is -0.0541. The molecule has 0 aromatic heterocycles. The standard InChI is InChI=1S/C21H39Cl2N2O3P/c1-4-5-8-19(2)9-6-10-20(3)11-7-17-27-21-12-18-28-29(26,24-15-13-22)25(21)16-14-23/h8,10,21H,4-7,9,11-18H2,1-3H3,(H,24,26)/b19-8+,20-10+. The van der Waals surface area contributed by atoms with Gasteiger partial charge in [0.05, 0.1) is 6.61 Å². The Balaban J connectivity index is 2.41. The minimum atomic E-state index is -3.14. The van der Waals surface area contributed by atoms with Gasteiger partial charge in [0.1, 0.15) is 6.23 Å². The molecule has 2 atom stereocenters. The summed E-state index contributed by atoms with van der Waals surface area (Å²) < 4.78 is 26.4. The third-order valence-corrected chi connectivity index (χ3v) is 7.51. The number of ether oxygens (including phenoxy) is 1. The highest BCUT2D eigenvalue weighted by Crippen LogP contribution is 2.51. The van der Waals surface area contributed by atoms with E-state index in [1.165, 1.54) is 24.0 Å². The van der Waals surface area contributed by atoms with Crippen LogP contribution < -0.4 is 5.09 Å². The fraction of sp³-hybridized carbons (Fsp3) is 0.810. The number of rotatable bonds is 15. The van der Waals surface area contributed by atoms with Crippen molar-refractivity contribution in [2.24, 2.45) is 0 Å². The molecule has 0 aromatic rings. The highest BCUT2D eigenvalue weighted by molar-refractivity contribution is 7.54. The predicted octanol–water partition coefficient (Wildman–Crippen LogP) is 6.48. The molecule has 170 valence electrons. The van der Waals surface area contributed by atoms with Crippen LogP contribution in [0.3, 0.4) is 0 Å². The molecule has 0 radical (unpaired) electrons. The van der Waals surface area contributed by atoms with Gasteiger partial charge in [0, 0.05) is 37.9 Å². The molecule has 1 heterocycles. The quantitative estimate of drug-likeness (QED) is 0.129. The zero-order valence-corrected chi connectivity index (χ0v) is 20.7. The van der Waals surface area contributed by atoms with E-state index in [1.807, 2.05) is 0 Å². The number of alkyl halides is 2. The topological polar surface area (TPSA) is 50.8 Å². The molecule has 1 fully saturated rings. The number of hydrogen-bond acceptors (Lipinski definition) is 3. The van der Waals surface area contributed by atoms with Gasteiger partial charge in [0.15, 0.2) is 0 Å². The molecule has 1 rings (SSSR count). The highest BCUT2D eigenvalue weighted by atomic mass is 35.5. The van der Waals surface area contributed by atoms with Crippen LogP contribution in [0.4, 0.5) is 0 Å². The van der Waals surface area contributed by atoms with Crippen molar-refractivity contribution in [1.82, 2.24) is 9.76 Å². The van der Waals surface area contributed by atoms with Crippen molar-refractivity contribution in [2.45, 2.75) is 71.9 Å². The maximum Gasteiger partial charge on any atom is 0.345 e. The second-order valence-electron chi connectivity index (χ2n) is 7.45. The van der Waals surface area contributed by atoms with Gasteiger partial charge in [-0.25, -0.2) is 5.09 Å². The van der Waals surface area contributed by atoms with Crippen LogP contribution in [-0.2, 0) is 13.8 Å². The maximum atomic E-state index is 13.1. The summed E-state index contributed by atoms with van der Waals surface area (Å²) in [6, 6.07) is 0. The summed E-state index contributed by atoms with van der Waals surface area (Å²) in [4.78, 5) is 0. The first kappa shape index (κ1) is 27.2. The molecule has 0 spiro atoms. The Bertz CT molecular complexity index is 558. The zero-order valence-electron chi connectivity index (χ0n) is 18.3. The molecule has 1 aliphatic rings. The first-order chi connectivity index (χ1) is 14.0. The van der Waals surface area contributed by atoms with E-state index in [2.05, 4.69) is 38.0 Å². The van der Waals surface area contributed by atoms with E-state index in [4.69, 9.17) is 32.5 Å². The molecule has 0 aromatic carbocycles. The van der Waals surface area contributed by atoms with Gasteiger partial charge in [-0.05, 0) is 46.0 Å². The van der Waals surface area contributed by atoms with Gasteiger partial charge >= 0.3 is 7.67 Å². The smallest absolute Gasteiger partial charge is 0.345 e. The van der Waals surface area contributed by atoms with Crippen molar-refractivity contribution in [1.29, 1.82) is 0 Å². The Morgan fingerprint density at radius 3 is 2.62 bits per heavy atom. The van der Waals surface area contributed by atoms with Crippen LogP contribution in [0.15, 0.2) is 23.3 Å². The number of halogens is 2. The van der Waals surface area contributed by atoms with E-state index in [0.717, 1.165) is 25.7 Å². The maximum absolute atomic E-state index is 13.1. The van der Waals surface area contributed by atoms with Gasteiger partial charge in [-0.15, -0.1) is 23.2 Å². The summed E-state index contributed by atoms with van der Waals surface area (Å²) in [6.07, 6.45) is 11.7. The lowest BCUT2D eigenvalue weighted by Gasteiger charge is -2.40. The first-order valence-corrected chi connectivity index (χ1v) is 13.4. The molecule has 1 N–H and O–H groups in total. The fourth-order valence-corrected chi connectivity index (χ4v) is 5.81. The lowest BCUT2D eigenvalue weighted by Crippen LogP contribution is -2.45. The average Bonchev–Trinajstić information content (AvgIpc) is 2.70. The summed E-state index contributed by atoms with van der Waals surface area (Å²) in [6.45, 7) is 8.50. The molecule has 1 saturated heterocycles. The van der Waals surface area contributed by atoms with Crippen LogP contribution in [0.1, 0.15) is 65.7 Å². The number of allylic oxidation sites excluding steroid dienone is 4. The Labute approximate surface area is 187 Å². The van der Waals surface area contributed by atoms with Crippen molar-refractivity contribution < 1.29 is 13.8 Å². The Morgan fingerprint density at radius 2 is 1.93 bits per heavy atom. The van der Waals surface area contributed by atoms with E-state index in [9.17, 15) is 4.57 Å². The third kappa shape index (κ3) is 10.8. The van der Waals surface area contributed by atoms with Crippen LogP contribution in [0.5, 0.6) is 0 Å². The van der Waals surface area contributed by atoms with Gasteiger partial charge < -0.3 is 9.26 Å². The summed E-state index contributed by atoms with van der Waals surface area (Å²) in [5.41, 5.74) is 2.88. The molecule has 2 unspecified atom stereocenters. The first-order valence-electron chi connectivity index (χ1n) is 10.8. The van der Waals surface area contributed by atoms with Gasteiger partial charge in [-0.3, -0.25) is 4.57 Å². The van der Waals surface area contributed by atoms with Crippen molar-refractivity contribution in [2.75, 3.05) is 38.1 Å². The average molecular weight is 469 g/mol. The van der Waals surface area contributed by atoms with E-state index in [1.54, 1.807) is 4.67 Å². The molecule has 1 aliphatic heterocycles. The molecule has 0 saturated carbocycles. The SMILES string of the molecule is CCC/C=C(\C)CC/C=C(\C)CCCOC1CCOP(=O)(NCCCl)N1CCCl. The number of nitrogens with one attached hydrogen (secondary N) is 1. The fourth-order valence-electron chi connectivity index (χ4n) is 3.23. The lowest BCUT2D eigenvalue weighted by atomic mass is 10.1. The molecule has 8 heteroatoms. The largest absolute Gasteiger partial charge is 0.363 e. The minimum absolute atomic E-state index is 0.244.